The Morgan fingerprint density at radius 3 is 2.06 bits per heavy atom. The first-order chi connectivity index (χ1) is 15.8. The molecular weight excluding hydrogens is 458 g/mol. The molecule has 0 bridgehead atoms. The molecule has 0 radical (unpaired) electrons. The predicted octanol–water partition coefficient (Wildman–Crippen LogP) is 2.85. The molecule has 0 saturated heterocycles. The zero-order valence-corrected chi connectivity index (χ0v) is 20.8. The van der Waals surface area contributed by atoms with E-state index in [1.54, 1.807) is 50.2 Å². The lowest BCUT2D eigenvalue weighted by Crippen LogP contribution is -2.44. The Kier molecular flexibility index (Phi) is 8.94. The summed E-state index contributed by atoms with van der Waals surface area (Å²) < 4.78 is 32.6. The van der Waals surface area contributed by atoms with E-state index in [1.807, 2.05) is 0 Å². The molecule has 0 aromatic heterocycles. The van der Waals surface area contributed by atoms with E-state index in [1.165, 1.54) is 12.1 Å². The first kappa shape index (κ1) is 27.0. The topological polar surface area (TPSA) is 131 Å². The minimum Gasteiger partial charge on any atom is -0.452 e. The molecule has 3 amide bonds. The van der Waals surface area contributed by atoms with E-state index in [0.29, 0.717) is 5.56 Å². The van der Waals surface area contributed by atoms with E-state index in [0.717, 1.165) is 5.56 Å². The van der Waals surface area contributed by atoms with Gasteiger partial charge >= 0.3 is 12.0 Å². The molecule has 0 heterocycles. The summed E-state index contributed by atoms with van der Waals surface area (Å²) in [7, 11) is -3.70. The molecule has 0 aliphatic heterocycles. The van der Waals surface area contributed by atoms with Gasteiger partial charge in [-0.05, 0) is 54.7 Å². The number of hydrogen-bond donors (Lipinski definition) is 3. The van der Waals surface area contributed by atoms with E-state index < -0.39 is 34.5 Å². The molecule has 2 rings (SSSR count). The van der Waals surface area contributed by atoms with Crippen LogP contribution in [0.5, 0.6) is 0 Å². The lowest BCUT2D eigenvalue weighted by atomic mass is 9.87. The highest BCUT2D eigenvalue weighted by Crippen LogP contribution is 2.23. The molecule has 2 aromatic carbocycles. The van der Waals surface area contributed by atoms with Crippen molar-refractivity contribution < 1.29 is 27.5 Å². The first-order valence-corrected chi connectivity index (χ1v) is 12.2. The normalized spacial score (nSPS) is 11.7. The number of urea groups is 1. The van der Waals surface area contributed by atoms with Crippen LogP contribution in [0.25, 0.3) is 0 Å². The van der Waals surface area contributed by atoms with Crippen molar-refractivity contribution in [2.45, 2.75) is 57.5 Å². The Balaban J connectivity index is 1.89. The van der Waals surface area contributed by atoms with E-state index >= 15 is 0 Å². The minimum atomic E-state index is -3.70. The third-order valence-electron chi connectivity index (χ3n) is 4.69. The van der Waals surface area contributed by atoms with Gasteiger partial charge in [-0.3, -0.25) is 10.1 Å². The van der Waals surface area contributed by atoms with E-state index in [2.05, 4.69) is 36.1 Å². The van der Waals surface area contributed by atoms with Gasteiger partial charge in [0, 0.05) is 12.6 Å². The molecule has 10 heteroatoms. The number of amides is 3. The SMILES string of the molecule is CC(C)NC(=O)NC(=O)COC(=O)c1ccc(CNS(=O)(=O)c2ccc(C(C)(C)C)cc2)cc1. The molecule has 0 spiro atoms. The fourth-order valence-electron chi connectivity index (χ4n) is 2.83. The number of carbonyl (C=O) groups is 3. The lowest BCUT2D eigenvalue weighted by Gasteiger charge is -2.19. The van der Waals surface area contributed by atoms with Crippen molar-refractivity contribution in [2.24, 2.45) is 0 Å². The molecule has 0 aliphatic rings. The highest BCUT2D eigenvalue weighted by atomic mass is 32.2. The van der Waals surface area contributed by atoms with Crippen molar-refractivity contribution in [1.82, 2.24) is 15.4 Å². The average Bonchev–Trinajstić information content (AvgIpc) is 2.75. The molecule has 2 aromatic rings. The number of rotatable bonds is 8. The van der Waals surface area contributed by atoms with Crippen LogP contribution in [-0.2, 0) is 31.5 Å². The summed E-state index contributed by atoms with van der Waals surface area (Å²) in [4.78, 5) is 35.4. The summed E-state index contributed by atoms with van der Waals surface area (Å²) in [5.41, 5.74) is 1.77. The maximum Gasteiger partial charge on any atom is 0.338 e. The number of benzene rings is 2. The number of sulfonamides is 1. The Labute approximate surface area is 200 Å². The smallest absolute Gasteiger partial charge is 0.338 e. The second kappa shape index (κ2) is 11.3. The standard InChI is InChI=1S/C24H31N3O6S/c1-16(2)26-23(30)27-21(28)15-33-22(29)18-8-6-17(7-9-18)14-25-34(31,32)20-12-10-19(11-13-20)24(3,4)5/h6-13,16,25H,14-15H2,1-5H3,(H2,26,27,28,30). The second-order valence-electron chi connectivity index (χ2n) is 9.05. The van der Waals surface area contributed by atoms with Crippen molar-refractivity contribution in [3.05, 3.63) is 65.2 Å². The fraction of sp³-hybridized carbons (Fsp3) is 0.375. The van der Waals surface area contributed by atoms with Gasteiger partial charge in [-0.25, -0.2) is 22.7 Å². The number of esters is 1. The van der Waals surface area contributed by atoms with Crippen LogP contribution in [0.1, 0.15) is 56.1 Å². The van der Waals surface area contributed by atoms with E-state index in [9.17, 15) is 22.8 Å². The van der Waals surface area contributed by atoms with Crippen LogP contribution in [0.3, 0.4) is 0 Å². The summed E-state index contributed by atoms with van der Waals surface area (Å²) in [5, 5.41) is 4.53. The van der Waals surface area contributed by atoms with Gasteiger partial charge in [0.05, 0.1) is 10.5 Å². The maximum absolute atomic E-state index is 12.6. The zero-order valence-electron chi connectivity index (χ0n) is 20.0. The Morgan fingerprint density at radius 2 is 1.53 bits per heavy atom. The summed E-state index contributed by atoms with van der Waals surface area (Å²) in [6.07, 6.45) is 0. The molecule has 0 fully saturated rings. The van der Waals surface area contributed by atoms with Crippen LogP contribution in [-0.4, -0.2) is 39.0 Å². The predicted molar refractivity (Wildman–Crippen MR) is 128 cm³/mol. The number of carbonyl (C=O) groups excluding carboxylic acids is 3. The van der Waals surface area contributed by atoms with Crippen LogP contribution < -0.4 is 15.4 Å². The van der Waals surface area contributed by atoms with Gasteiger partial charge in [-0.2, -0.15) is 0 Å². The third-order valence-corrected chi connectivity index (χ3v) is 6.11. The molecular formula is C24H31N3O6S. The number of hydrogen-bond acceptors (Lipinski definition) is 6. The summed E-state index contributed by atoms with van der Waals surface area (Å²) in [6, 6.07) is 12.0. The fourth-order valence-corrected chi connectivity index (χ4v) is 3.85. The van der Waals surface area contributed by atoms with Gasteiger partial charge in [0.2, 0.25) is 10.0 Å². The van der Waals surface area contributed by atoms with Crippen LogP contribution in [0.4, 0.5) is 4.79 Å². The van der Waals surface area contributed by atoms with Crippen molar-refractivity contribution >= 4 is 27.9 Å². The van der Waals surface area contributed by atoms with Gasteiger partial charge in [0.25, 0.3) is 5.91 Å². The lowest BCUT2D eigenvalue weighted by molar-refractivity contribution is -0.123. The van der Waals surface area contributed by atoms with Crippen LogP contribution in [0.2, 0.25) is 0 Å². The van der Waals surface area contributed by atoms with Crippen LogP contribution >= 0.6 is 0 Å². The Morgan fingerprint density at radius 1 is 0.941 bits per heavy atom. The number of nitrogens with one attached hydrogen (secondary N) is 3. The largest absolute Gasteiger partial charge is 0.452 e. The molecule has 0 atom stereocenters. The van der Waals surface area contributed by atoms with Crippen molar-refractivity contribution in [3.63, 3.8) is 0 Å². The van der Waals surface area contributed by atoms with Gasteiger partial charge in [0.1, 0.15) is 0 Å². The van der Waals surface area contributed by atoms with Gasteiger partial charge in [-0.1, -0.05) is 45.0 Å². The molecule has 3 N–H and O–H groups in total. The monoisotopic (exact) mass is 489 g/mol. The molecule has 9 nitrogen and oxygen atoms in total. The average molecular weight is 490 g/mol. The summed E-state index contributed by atoms with van der Waals surface area (Å²) in [6.45, 7) is 9.05. The van der Waals surface area contributed by atoms with Crippen molar-refractivity contribution in [2.75, 3.05) is 6.61 Å². The molecule has 0 saturated carbocycles. The van der Waals surface area contributed by atoms with Gasteiger partial charge in [0.15, 0.2) is 6.61 Å². The van der Waals surface area contributed by atoms with Crippen molar-refractivity contribution in [1.29, 1.82) is 0 Å². The number of imide groups is 1. The Bertz CT molecular complexity index is 1120. The van der Waals surface area contributed by atoms with Crippen molar-refractivity contribution in [3.8, 4) is 0 Å². The van der Waals surface area contributed by atoms with Gasteiger partial charge < -0.3 is 10.1 Å². The molecule has 34 heavy (non-hydrogen) atoms. The van der Waals surface area contributed by atoms with Crippen LogP contribution in [0, 0.1) is 0 Å². The minimum absolute atomic E-state index is 0.0338. The number of ether oxygens (including phenoxy) is 1. The quantitative estimate of drug-likeness (QED) is 0.489. The maximum atomic E-state index is 12.6. The highest BCUT2D eigenvalue weighted by Gasteiger charge is 2.18. The first-order valence-electron chi connectivity index (χ1n) is 10.7. The molecule has 0 unspecified atom stereocenters. The van der Waals surface area contributed by atoms with E-state index in [-0.39, 0.29) is 28.5 Å². The molecule has 0 aliphatic carbocycles. The van der Waals surface area contributed by atoms with Gasteiger partial charge in [-0.15, -0.1) is 0 Å². The summed E-state index contributed by atoms with van der Waals surface area (Å²) >= 11 is 0. The zero-order chi connectivity index (χ0) is 25.5. The Hall–Kier alpha value is -3.24. The third kappa shape index (κ3) is 8.27. The highest BCUT2D eigenvalue weighted by molar-refractivity contribution is 7.89. The second-order valence-corrected chi connectivity index (χ2v) is 10.8. The van der Waals surface area contributed by atoms with Crippen LogP contribution in [0.15, 0.2) is 53.4 Å². The molecule has 184 valence electrons. The van der Waals surface area contributed by atoms with E-state index in [4.69, 9.17) is 4.74 Å². The summed E-state index contributed by atoms with van der Waals surface area (Å²) in [5.74, 6) is -1.50.